The van der Waals surface area contributed by atoms with Gasteiger partial charge in [-0.3, -0.25) is 4.79 Å². The Hall–Kier alpha value is -1.03. The Bertz CT molecular complexity index is 299. The van der Waals surface area contributed by atoms with Crippen LogP contribution in [0.4, 0.5) is 0 Å². The molecule has 3 atom stereocenters. The molecule has 0 aromatic rings. The Labute approximate surface area is 85.8 Å². The van der Waals surface area contributed by atoms with E-state index in [1.807, 2.05) is 12.2 Å². The van der Waals surface area contributed by atoms with Gasteiger partial charge in [0.15, 0.2) is 0 Å². The molecule has 1 aliphatic carbocycles. The number of hydrogen-bond acceptors (Lipinski definition) is 4. The lowest BCUT2D eigenvalue weighted by molar-refractivity contribution is -0.159. The lowest BCUT2D eigenvalue weighted by Gasteiger charge is -2.13. The molecule has 0 aromatic heterocycles. The van der Waals surface area contributed by atoms with Gasteiger partial charge in [0.1, 0.15) is 12.0 Å². The molecule has 1 saturated heterocycles. The van der Waals surface area contributed by atoms with E-state index in [4.69, 9.17) is 21.1 Å². The highest BCUT2D eigenvalue weighted by Crippen LogP contribution is 2.33. The molecular formula is C9H9ClO4. The maximum atomic E-state index is 11.3. The van der Waals surface area contributed by atoms with E-state index in [0.29, 0.717) is 6.42 Å². The predicted molar refractivity (Wildman–Crippen MR) is 47.7 cm³/mol. The Balaban J connectivity index is 2.04. The quantitative estimate of drug-likeness (QED) is 0.386. The summed E-state index contributed by atoms with van der Waals surface area (Å²) in [4.78, 5) is 22.2. The molecule has 2 rings (SSSR count). The first kappa shape index (κ1) is 9.52. The smallest absolute Gasteiger partial charge is 0.348 e. The molecule has 1 heterocycles. The number of esters is 2. The number of fused-ring (bicyclic) bond motifs is 1. The lowest BCUT2D eigenvalue weighted by Crippen LogP contribution is -2.29. The Morgan fingerprint density at radius 1 is 1.71 bits per heavy atom. The van der Waals surface area contributed by atoms with Crippen LogP contribution >= 0.6 is 11.6 Å². The van der Waals surface area contributed by atoms with Gasteiger partial charge in [0, 0.05) is 0 Å². The molecule has 3 unspecified atom stereocenters. The standard InChI is InChI=1S/C9H9ClO4/c10-4-7(11)14-8-5-2-1-3-6(5)13-9(8)12/h1,3,5-6,8H,2,4H2. The van der Waals surface area contributed by atoms with Gasteiger partial charge in [0.2, 0.25) is 6.10 Å². The second-order valence-corrected chi connectivity index (χ2v) is 3.54. The predicted octanol–water partition coefficient (Wildman–Crippen LogP) is 0.638. The van der Waals surface area contributed by atoms with Gasteiger partial charge in [-0.2, -0.15) is 0 Å². The van der Waals surface area contributed by atoms with Crippen LogP contribution in [0, 0.1) is 5.92 Å². The highest BCUT2D eigenvalue weighted by Gasteiger charge is 2.47. The van der Waals surface area contributed by atoms with Crippen LogP contribution in [0.5, 0.6) is 0 Å². The van der Waals surface area contributed by atoms with Crippen molar-refractivity contribution in [2.45, 2.75) is 18.6 Å². The summed E-state index contributed by atoms with van der Waals surface area (Å²) in [6.07, 6.45) is 3.44. The third kappa shape index (κ3) is 1.50. The van der Waals surface area contributed by atoms with Crippen molar-refractivity contribution in [2.24, 2.45) is 5.92 Å². The van der Waals surface area contributed by atoms with Crippen molar-refractivity contribution < 1.29 is 19.1 Å². The van der Waals surface area contributed by atoms with Crippen molar-refractivity contribution in [3.05, 3.63) is 12.2 Å². The Kier molecular flexibility index (Phi) is 2.46. The molecule has 4 nitrogen and oxygen atoms in total. The van der Waals surface area contributed by atoms with Gasteiger partial charge in [-0.05, 0) is 12.5 Å². The second kappa shape index (κ2) is 3.61. The van der Waals surface area contributed by atoms with Crippen molar-refractivity contribution in [1.82, 2.24) is 0 Å². The van der Waals surface area contributed by atoms with Crippen LogP contribution in [0.3, 0.4) is 0 Å². The maximum Gasteiger partial charge on any atom is 0.348 e. The summed E-state index contributed by atoms with van der Waals surface area (Å²) in [5.41, 5.74) is 0. The first-order valence-corrected chi connectivity index (χ1v) is 4.88. The van der Waals surface area contributed by atoms with Crippen LogP contribution in [0.15, 0.2) is 12.2 Å². The van der Waals surface area contributed by atoms with Crippen LogP contribution in [0.1, 0.15) is 6.42 Å². The summed E-state index contributed by atoms with van der Waals surface area (Å²) in [6, 6.07) is 0. The van der Waals surface area contributed by atoms with E-state index in [0.717, 1.165) is 0 Å². The minimum Gasteiger partial charge on any atom is -0.455 e. The zero-order valence-corrected chi connectivity index (χ0v) is 8.07. The van der Waals surface area contributed by atoms with Gasteiger partial charge in [0.25, 0.3) is 0 Å². The molecule has 0 N–H and O–H groups in total. The number of allylic oxidation sites excluding steroid dienone is 1. The summed E-state index contributed by atoms with van der Waals surface area (Å²) in [5.74, 6) is -1.35. The van der Waals surface area contributed by atoms with Gasteiger partial charge < -0.3 is 9.47 Å². The molecule has 76 valence electrons. The number of rotatable bonds is 2. The van der Waals surface area contributed by atoms with Gasteiger partial charge in [0.05, 0.1) is 5.92 Å². The third-order valence-electron chi connectivity index (χ3n) is 2.40. The van der Waals surface area contributed by atoms with Crippen LogP contribution in [-0.4, -0.2) is 30.0 Å². The number of halogens is 1. The van der Waals surface area contributed by atoms with Crippen molar-refractivity contribution in [1.29, 1.82) is 0 Å². The van der Waals surface area contributed by atoms with E-state index >= 15 is 0 Å². The molecule has 14 heavy (non-hydrogen) atoms. The fourth-order valence-electron chi connectivity index (χ4n) is 1.75. The van der Waals surface area contributed by atoms with Gasteiger partial charge in [-0.1, -0.05) is 6.08 Å². The molecule has 2 aliphatic rings. The van der Waals surface area contributed by atoms with Gasteiger partial charge in [-0.15, -0.1) is 11.6 Å². The SMILES string of the molecule is O=C(CCl)OC1C(=O)OC2C=CCC21. The zero-order chi connectivity index (χ0) is 10.1. The van der Waals surface area contributed by atoms with Crippen molar-refractivity contribution in [2.75, 3.05) is 5.88 Å². The molecule has 1 fully saturated rings. The van der Waals surface area contributed by atoms with Crippen molar-refractivity contribution >= 4 is 23.5 Å². The van der Waals surface area contributed by atoms with Crippen molar-refractivity contribution in [3.8, 4) is 0 Å². The van der Waals surface area contributed by atoms with Gasteiger partial charge >= 0.3 is 11.9 Å². The fraction of sp³-hybridized carbons (Fsp3) is 0.556. The lowest BCUT2D eigenvalue weighted by atomic mass is 10.0. The first-order valence-electron chi connectivity index (χ1n) is 4.35. The summed E-state index contributed by atoms with van der Waals surface area (Å²) in [5, 5.41) is 0. The molecule has 0 amide bonds. The number of ether oxygens (including phenoxy) is 2. The largest absolute Gasteiger partial charge is 0.455 e. The third-order valence-corrected chi connectivity index (χ3v) is 2.62. The normalized spacial score (nSPS) is 34.1. The second-order valence-electron chi connectivity index (χ2n) is 3.27. The zero-order valence-electron chi connectivity index (χ0n) is 7.31. The van der Waals surface area contributed by atoms with Crippen molar-refractivity contribution in [3.63, 3.8) is 0 Å². The average molecular weight is 217 g/mol. The van der Waals surface area contributed by atoms with E-state index in [1.54, 1.807) is 0 Å². The highest BCUT2D eigenvalue weighted by molar-refractivity contribution is 6.26. The molecular weight excluding hydrogens is 208 g/mol. The average Bonchev–Trinajstić information content (AvgIpc) is 2.70. The van der Waals surface area contributed by atoms with E-state index in [1.165, 1.54) is 0 Å². The maximum absolute atomic E-state index is 11.3. The molecule has 5 heteroatoms. The van der Waals surface area contributed by atoms with Crippen LogP contribution in [0.25, 0.3) is 0 Å². The molecule has 1 aliphatic heterocycles. The molecule has 0 spiro atoms. The minimum absolute atomic E-state index is 0.0605. The number of alkyl halides is 1. The van der Waals surface area contributed by atoms with E-state index < -0.39 is 18.0 Å². The Morgan fingerprint density at radius 2 is 2.50 bits per heavy atom. The highest BCUT2D eigenvalue weighted by atomic mass is 35.5. The first-order chi connectivity index (χ1) is 6.72. The summed E-state index contributed by atoms with van der Waals surface area (Å²) in [7, 11) is 0. The van der Waals surface area contributed by atoms with Crippen LogP contribution < -0.4 is 0 Å². The Morgan fingerprint density at radius 3 is 3.21 bits per heavy atom. The topological polar surface area (TPSA) is 52.6 Å². The molecule has 0 aromatic carbocycles. The summed E-state index contributed by atoms with van der Waals surface area (Å²) < 4.78 is 9.90. The molecule has 0 saturated carbocycles. The van der Waals surface area contributed by atoms with Gasteiger partial charge in [-0.25, -0.2) is 4.79 Å². The van der Waals surface area contributed by atoms with E-state index in [2.05, 4.69) is 0 Å². The molecule has 0 radical (unpaired) electrons. The summed E-state index contributed by atoms with van der Waals surface area (Å²) >= 11 is 5.28. The van der Waals surface area contributed by atoms with Crippen LogP contribution in [-0.2, 0) is 19.1 Å². The minimum atomic E-state index is -0.777. The molecule has 0 bridgehead atoms. The van der Waals surface area contributed by atoms with E-state index in [9.17, 15) is 9.59 Å². The summed E-state index contributed by atoms with van der Waals surface area (Å²) in [6.45, 7) is 0. The number of hydrogen-bond donors (Lipinski definition) is 0. The number of carbonyl (C=O) groups is 2. The monoisotopic (exact) mass is 216 g/mol. The van der Waals surface area contributed by atoms with E-state index in [-0.39, 0.29) is 17.9 Å². The van der Waals surface area contributed by atoms with Crippen LogP contribution in [0.2, 0.25) is 0 Å². The fourth-order valence-corrected chi connectivity index (χ4v) is 1.82. The number of carbonyl (C=O) groups excluding carboxylic acids is 2.